The van der Waals surface area contributed by atoms with Crippen molar-refractivity contribution in [1.29, 1.82) is 0 Å². The number of halogens is 6. The summed E-state index contributed by atoms with van der Waals surface area (Å²) in [6.45, 7) is 1.87. The number of nitrogens with zero attached hydrogens (tertiary/aromatic N) is 1. The number of ether oxygens (including phenoxy) is 1. The standard InChI is InChI=1S/C22H14Cl3F3N2O2/c1-10-6-7-11(13(23)8-10)20(31)21-29-15-9-14(24)17(18(25)19(15)30-21)12-4-2-3-5-16(12)32-22(26,27)28/h2-9,20,31H,1H3,(H,29,30). The number of fused-ring (bicyclic) bond motifs is 1. The van der Waals surface area contributed by atoms with Gasteiger partial charge in [0.2, 0.25) is 0 Å². The van der Waals surface area contributed by atoms with E-state index in [1.54, 1.807) is 18.2 Å². The third-order valence-electron chi connectivity index (χ3n) is 4.78. The smallest absolute Gasteiger partial charge is 0.405 e. The van der Waals surface area contributed by atoms with E-state index in [0.29, 0.717) is 16.1 Å². The fraction of sp³-hybridized carbons (Fsp3) is 0.136. The largest absolute Gasteiger partial charge is 0.573 e. The third kappa shape index (κ3) is 4.38. The Morgan fingerprint density at radius 3 is 2.44 bits per heavy atom. The topological polar surface area (TPSA) is 58.1 Å². The highest BCUT2D eigenvalue weighted by Gasteiger charge is 2.33. The second kappa shape index (κ2) is 8.48. The number of benzene rings is 3. The summed E-state index contributed by atoms with van der Waals surface area (Å²) in [5.74, 6) is -0.300. The molecule has 0 aliphatic carbocycles. The van der Waals surface area contributed by atoms with Gasteiger partial charge in [0.25, 0.3) is 0 Å². The van der Waals surface area contributed by atoms with Crippen molar-refractivity contribution in [3.8, 4) is 16.9 Å². The van der Waals surface area contributed by atoms with Crippen LogP contribution in [-0.4, -0.2) is 21.4 Å². The van der Waals surface area contributed by atoms with Crippen LogP contribution in [0, 0.1) is 6.92 Å². The van der Waals surface area contributed by atoms with Crippen LogP contribution >= 0.6 is 34.8 Å². The summed E-state index contributed by atoms with van der Waals surface area (Å²) < 4.78 is 42.7. The maximum atomic E-state index is 12.9. The number of rotatable bonds is 4. The highest BCUT2D eigenvalue weighted by molar-refractivity contribution is 6.42. The monoisotopic (exact) mass is 500 g/mol. The number of para-hydroxylation sites is 1. The Morgan fingerprint density at radius 1 is 1.03 bits per heavy atom. The second-order valence-electron chi connectivity index (χ2n) is 7.04. The number of aliphatic hydroxyl groups excluding tert-OH is 1. The van der Waals surface area contributed by atoms with Crippen LogP contribution in [0.4, 0.5) is 13.2 Å². The van der Waals surface area contributed by atoms with E-state index in [1.807, 2.05) is 6.92 Å². The first-order chi connectivity index (χ1) is 15.0. The summed E-state index contributed by atoms with van der Waals surface area (Å²) in [7, 11) is 0. The van der Waals surface area contributed by atoms with E-state index in [9.17, 15) is 18.3 Å². The number of aromatic amines is 1. The first-order valence-electron chi connectivity index (χ1n) is 9.22. The number of aryl methyl sites for hydroxylation is 1. The molecule has 0 fully saturated rings. The van der Waals surface area contributed by atoms with E-state index in [2.05, 4.69) is 14.7 Å². The molecular formula is C22H14Cl3F3N2O2. The lowest BCUT2D eigenvalue weighted by atomic mass is 10.0. The van der Waals surface area contributed by atoms with Crippen LogP contribution < -0.4 is 4.74 Å². The summed E-state index contributed by atoms with van der Waals surface area (Å²) in [6.07, 6.45) is -6.08. The summed E-state index contributed by atoms with van der Waals surface area (Å²) >= 11 is 19.2. The number of hydrogen-bond acceptors (Lipinski definition) is 3. The number of aliphatic hydroxyl groups is 1. The number of H-pyrrole nitrogens is 1. The molecule has 1 atom stereocenters. The fourth-order valence-corrected chi connectivity index (χ4v) is 4.40. The van der Waals surface area contributed by atoms with Crippen LogP contribution in [0.3, 0.4) is 0 Å². The maximum Gasteiger partial charge on any atom is 0.573 e. The van der Waals surface area contributed by atoms with Crippen LogP contribution in [0.5, 0.6) is 5.75 Å². The lowest BCUT2D eigenvalue weighted by molar-refractivity contribution is -0.274. The predicted molar refractivity (Wildman–Crippen MR) is 118 cm³/mol. The number of alkyl halides is 3. The molecule has 166 valence electrons. The fourth-order valence-electron chi connectivity index (χ4n) is 3.36. The Labute approximate surface area is 195 Å². The molecule has 0 aliphatic heterocycles. The van der Waals surface area contributed by atoms with Gasteiger partial charge in [-0.05, 0) is 30.7 Å². The molecule has 10 heteroatoms. The van der Waals surface area contributed by atoms with E-state index in [-0.39, 0.29) is 32.5 Å². The van der Waals surface area contributed by atoms with Gasteiger partial charge in [0, 0.05) is 21.7 Å². The highest BCUT2D eigenvalue weighted by Crippen LogP contribution is 2.44. The van der Waals surface area contributed by atoms with Gasteiger partial charge >= 0.3 is 6.36 Å². The van der Waals surface area contributed by atoms with Gasteiger partial charge < -0.3 is 14.8 Å². The van der Waals surface area contributed by atoms with Gasteiger partial charge in [0.1, 0.15) is 23.2 Å². The SMILES string of the molecule is Cc1ccc(C(O)c2nc3c(Cl)c(-c4ccccc4OC(F)(F)F)c(Cl)cc3[nH]2)c(Cl)c1. The molecule has 0 aliphatic rings. The number of aromatic nitrogens is 2. The molecular weight excluding hydrogens is 488 g/mol. The van der Waals surface area contributed by atoms with Crippen molar-refractivity contribution < 1.29 is 23.0 Å². The van der Waals surface area contributed by atoms with Crippen molar-refractivity contribution in [3.63, 3.8) is 0 Å². The number of hydrogen-bond donors (Lipinski definition) is 2. The van der Waals surface area contributed by atoms with Gasteiger partial charge in [-0.3, -0.25) is 0 Å². The molecule has 4 aromatic rings. The molecule has 0 saturated carbocycles. The molecule has 1 aromatic heterocycles. The average Bonchev–Trinajstić information content (AvgIpc) is 3.12. The van der Waals surface area contributed by atoms with Gasteiger partial charge in [-0.25, -0.2) is 4.98 Å². The zero-order valence-electron chi connectivity index (χ0n) is 16.3. The van der Waals surface area contributed by atoms with E-state index < -0.39 is 18.2 Å². The molecule has 0 amide bonds. The molecule has 0 radical (unpaired) electrons. The van der Waals surface area contributed by atoms with Crippen molar-refractivity contribution in [1.82, 2.24) is 9.97 Å². The highest BCUT2D eigenvalue weighted by atomic mass is 35.5. The molecule has 1 heterocycles. The Hall–Kier alpha value is -2.45. The van der Waals surface area contributed by atoms with Crippen molar-refractivity contribution >= 4 is 45.8 Å². The molecule has 1 unspecified atom stereocenters. The molecule has 2 N–H and O–H groups in total. The van der Waals surface area contributed by atoms with Crippen LogP contribution in [0.15, 0.2) is 48.5 Å². The van der Waals surface area contributed by atoms with Crippen molar-refractivity contribution in [3.05, 3.63) is 80.6 Å². The molecule has 4 nitrogen and oxygen atoms in total. The lowest BCUT2D eigenvalue weighted by Crippen LogP contribution is -2.17. The molecule has 32 heavy (non-hydrogen) atoms. The predicted octanol–water partition coefficient (Wildman–Crippen LogP) is 7.48. The summed E-state index contributed by atoms with van der Waals surface area (Å²) in [5, 5.41) is 11.2. The zero-order valence-corrected chi connectivity index (χ0v) is 18.5. The minimum Gasteiger partial charge on any atom is -0.405 e. The lowest BCUT2D eigenvalue weighted by Gasteiger charge is -2.15. The van der Waals surface area contributed by atoms with Crippen LogP contribution in [-0.2, 0) is 0 Å². The Balaban J connectivity index is 1.83. The van der Waals surface area contributed by atoms with Gasteiger partial charge in [-0.2, -0.15) is 0 Å². The molecule has 0 bridgehead atoms. The van der Waals surface area contributed by atoms with E-state index in [1.165, 1.54) is 30.3 Å². The van der Waals surface area contributed by atoms with Crippen LogP contribution in [0.1, 0.15) is 23.1 Å². The van der Waals surface area contributed by atoms with Gasteiger partial charge in [-0.1, -0.05) is 65.1 Å². The van der Waals surface area contributed by atoms with Crippen LogP contribution in [0.25, 0.3) is 22.2 Å². The second-order valence-corrected chi connectivity index (χ2v) is 8.23. The molecule has 0 spiro atoms. The third-order valence-corrected chi connectivity index (χ3v) is 5.77. The van der Waals surface area contributed by atoms with Crippen molar-refractivity contribution in [2.45, 2.75) is 19.4 Å². The summed E-state index contributed by atoms with van der Waals surface area (Å²) in [6, 6.07) is 12.2. The molecule has 4 rings (SSSR count). The van der Waals surface area contributed by atoms with Gasteiger partial charge in [-0.15, -0.1) is 13.2 Å². The Morgan fingerprint density at radius 2 is 1.75 bits per heavy atom. The van der Waals surface area contributed by atoms with Gasteiger partial charge in [0.05, 0.1) is 15.6 Å². The maximum absolute atomic E-state index is 12.9. The molecule has 3 aromatic carbocycles. The number of imidazole rings is 1. The Kier molecular flexibility index (Phi) is 6.02. The quantitative estimate of drug-likeness (QED) is 0.305. The first kappa shape index (κ1) is 22.7. The molecule has 0 saturated heterocycles. The number of nitrogens with one attached hydrogen (secondary N) is 1. The first-order valence-corrected chi connectivity index (χ1v) is 10.4. The summed E-state index contributed by atoms with van der Waals surface area (Å²) in [5.41, 5.74) is 2.16. The van der Waals surface area contributed by atoms with E-state index in [4.69, 9.17) is 34.8 Å². The Bertz CT molecular complexity index is 1320. The minimum atomic E-state index is -4.89. The minimum absolute atomic E-state index is 0.00966. The van der Waals surface area contributed by atoms with Crippen molar-refractivity contribution in [2.75, 3.05) is 0 Å². The summed E-state index contributed by atoms with van der Waals surface area (Å²) in [4.78, 5) is 7.31. The van der Waals surface area contributed by atoms with Crippen molar-refractivity contribution in [2.24, 2.45) is 0 Å². The average molecular weight is 502 g/mol. The van der Waals surface area contributed by atoms with E-state index >= 15 is 0 Å². The van der Waals surface area contributed by atoms with E-state index in [0.717, 1.165) is 5.56 Å². The van der Waals surface area contributed by atoms with Gasteiger partial charge in [0.15, 0.2) is 0 Å². The zero-order chi connectivity index (χ0) is 23.2. The normalized spacial score (nSPS) is 12.9. The van der Waals surface area contributed by atoms with Crippen LogP contribution in [0.2, 0.25) is 15.1 Å².